The maximum Gasteiger partial charge on any atom is 0.527 e. The van der Waals surface area contributed by atoms with E-state index in [1.165, 1.54) is 18.2 Å². The van der Waals surface area contributed by atoms with Gasteiger partial charge in [-0.2, -0.15) is 8.78 Å². The summed E-state index contributed by atoms with van der Waals surface area (Å²) < 4.78 is 62.6. The van der Waals surface area contributed by atoms with E-state index < -0.39 is 23.8 Å². The van der Waals surface area contributed by atoms with Crippen molar-refractivity contribution < 1.29 is 31.5 Å². The smallest absolute Gasteiger partial charge is 0.284 e. The number of benzene rings is 1. The molecule has 0 aliphatic rings. The zero-order valence-corrected chi connectivity index (χ0v) is 7.59. The molecule has 1 aromatic rings. The Labute approximate surface area is 86.6 Å². The summed E-state index contributed by atoms with van der Waals surface area (Å²) >= 11 is 0. The van der Waals surface area contributed by atoms with Gasteiger partial charge in [-0.25, -0.2) is 4.74 Å². The van der Waals surface area contributed by atoms with Gasteiger partial charge in [0.1, 0.15) is 0 Å². The molecular formula is C9H5F5O2. The zero-order valence-electron chi connectivity index (χ0n) is 7.59. The standard InChI is InChI=1S/C9H5F5O2/c10-8(11,16-9(12,13)14)7(15)6-4-2-1-3-5-6/h1-5H. The van der Waals surface area contributed by atoms with Gasteiger partial charge in [0.25, 0.3) is 5.78 Å². The van der Waals surface area contributed by atoms with Gasteiger partial charge in [0.2, 0.25) is 0 Å². The first-order valence-corrected chi connectivity index (χ1v) is 3.97. The summed E-state index contributed by atoms with van der Waals surface area (Å²) in [7, 11) is 0. The number of carbonyl (C=O) groups excluding carboxylic acids is 1. The number of halogens is 5. The Morgan fingerprint density at radius 1 is 1.00 bits per heavy atom. The molecule has 0 saturated carbocycles. The van der Waals surface area contributed by atoms with Gasteiger partial charge < -0.3 is 0 Å². The highest BCUT2D eigenvalue weighted by Crippen LogP contribution is 2.30. The van der Waals surface area contributed by atoms with Gasteiger partial charge in [-0.15, -0.1) is 13.2 Å². The first kappa shape index (κ1) is 12.6. The van der Waals surface area contributed by atoms with Crippen molar-refractivity contribution in [3.8, 4) is 0 Å². The molecule has 16 heavy (non-hydrogen) atoms. The first-order chi connectivity index (χ1) is 7.22. The molecule has 0 fully saturated rings. The molecule has 0 spiro atoms. The Bertz CT molecular complexity index is 371. The maximum absolute atomic E-state index is 12.7. The molecule has 0 unspecified atom stereocenters. The number of rotatable bonds is 3. The van der Waals surface area contributed by atoms with Gasteiger partial charge in [-0.05, 0) is 0 Å². The number of ether oxygens (including phenoxy) is 1. The van der Waals surface area contributed by atoms with Crippen molar-refractivity contribution in [1.29, 1.82) is 0 Å². The van der Waals surface area contributed by atoms with Crippen LogP contribution < -0.4 is 0 Å². The van der Waals surface area contributed by atoms with Crippen LogP contribution in [0.2, 0.25) is 0 Å². The molecule has 88 valence electrons. The van der Waals surface area contributed by atoms with Crippen LogP contribution in [0.4, 0.5) is 22.0 Å². The van der Waals surface area contributed by atoms with E-state index in [4.69, 9.17) is 0 Å². The van der Waals surface area contributed by atoms with Crippen molar-refractivity contribution in [1.82, 2.24) is 0 Å². The molecule has 0 heterocycles. The van der Waals surface area contributed by atoms with E-state index in [2.05, 4.69) is 4.74 Å². The predicted molar refractivity (Wildman–Crippen MR) is 42.9 cm³/mol. The number of hydrogen-bond acceptors (Lipinski definition) is 2. The molecule has 0 radical (unpaired) electrons. The Balaban J connectivity index is 2.89. The number of carbonyl (C=O) groups is 1. The minimum absolute atomic E-state index is 0.559. The Morgan fingerprint density at radius 2 is 1.50 bits per heavy atom. The molecule has 7 heteroatoms. The van der Waals surface area contributed by atoms with Crippen LogP contribution in [-0.4, -0.2) is 18.3 Å². The Morgan fingerprint density at radius 3 is 1.94 bits per heavy atom. The van der Waals surface area contributed by atoms with E-state index in [1.54, 1.807) is 0 Å². The SMILES string of the molecule is O=C(c1ccccc1)C(F)(F)OC(F)(F)F. The number of ketones is 1. The lowest BCUT2D eigenvalue weighted by molar-refractivity contribution is -0.405. The van der Waals surface area contributed by atoms with Crippen LogP contribution >= 0.6 is 0 Å². The second-order valence-corrected chi connectivity index (χ2v) is 2.76. The van der Waals surface area contributed by atoms with Gasteiger partial charge in [-0.3, -0.25) is 4.79 Å². The molecule has 0 aromatic heterocycles. The maximum atomic E-state index is 12.7. The summed E-state index contributed by atoms with van der Waals surface area (Å²) in [6.45, 7) is 0. The van der Waals surface area contributed by atoms with Crippen LogP contribution in [0.3, 0.4) is 0 Å². The van der Waals surface area contributed by atoms with Crippen molar-refractivity contribution in [3.05, 3.63) is 35.9 Å². The van der Waals surface area contributed by atoms with Crippen molar-refractivity contribution in [2.75, 3.05) is 0 Å². The van der Waals surface area contributed by atoms with Gasteiger partial charge in [0, 0.05) is 5.56 Å². The van der Waals surface area contributed by atoms with Crippen LogP contribution in [0.15, 0.2) is 30.3 Å². The molecule has 0 saturated heterocycles. The fraction of sp³-hybridized carbons (Fsp3) is 0.222. The molecule has 0 amide bonds. The van der Waals surface area contributed by atoms with Crippen LogP contribution in [0, 0.1) is 0 Å². The third-order valence-corrected chi connectivity index (χ3v) is 1.54. The lowest BCUT2D eigenvalue weighted by Gasteiger charge is -2.16. The monoisotopic (exact) mass is 240 g/mol. The van der Waals surface area contributed by atoms with Gasteiger partial charge >= 0.3 is 12.5 Å². The van der Waals surface area contributed by atoms with Crippen molar-refractivity contribution in [2.24, 2.45) is 0 Å². The first-order valence-electron chi connectivity index (χ1n) is 3.97. The summed E-state index contributed by atoms with van der Waals surface area (Å²) in [5.74, 6) is -2.04. The highest BCUT2D eigenvalue weighted by molar-refractivity contribution is 6.00. The highest BCUT2D eigenvalue weighted by atomic mass is 19.4. The second-order valence-electron chi connectivity index (χ2n) is 2.76. The van der Waals surface area contributed by atoms with Gasteiger partial charge in [0.15, 0.2) is 0 Å². The van der Waals surface area contributed by atoms with Crippen molar-refractivity contribution >= 4 is 5.78 Å². The third-order valence-electron chi connectivity index (χ3n) is 1.54. The average Bonchev–Trinajstić information content (AvgIpc) is 2.14. The molecule has 1 aromatic carbocycles. The summed E-state index contributed by atoms with van der Waals surface area (Å²) in [6.07, 6.45) is -10.5. The van der Waals surface area contributed by atoms with Crippen LogP contribution in [-0.2, 0) is 4.74 Å². The minimum Gasteiger partial charge on any atom is -0.284 e. The third kappa shape index (κ3) is 3.27. The van der Waals surface area contributed by atoms with Crippen molar-refractivity contribution in [2.45, 2.75) is 12.5 Å². The number of hydrogen-bond donors (Lipinski definition) is 0. The molecule has 0 bridgehead atoms. The lowest BCUT2D eigenvalue weighted by atomic mass is 10.1. The molecule has 0 aliphatic heterocycles. The molecule has 1 rings (SSSR count). The quantitative estimate of drug-likeness (QED) is 0.599. The molecule has 0 aliphatic carbocycles. The summed E-state index contributed by atoms with van der Waals surface area (Å²) in [6, 6.07) is 5.86. The summed E-state index contributed by atoms with van der Waals surface area (Å²) in [5, 5.41) is 0. The fourth-order valence-corrected chi connectivity index (χ4v) is 0.949. The van der Waals surface area contributed by atoms with E-state index in [0.717, 1.165) is 12.1 Å². The average molecular weight is 240 g/mol. The highest BCUT2D eigenvalue weighted by Gasteiger charge is 2.50. The normalized spacial score (nSPS) is 12.6. The summed E-state index contributed by atoms with van der Waals surface area (Å²) in [5.41, 5.74) is -0.559. The molecule has 0 atom stereocenters. The lowest BCUT2D eigenvalue weighted by Crippen LogP contribution is -2.37. The predicted octanol–water partition coefficient (Wildman–Crippen LogP) is 3.00. The second kappa shape index (κ2) is 4.17. The minimum atomic E-state index is -5.58. The largest absolute Gasteiger partial charge is 0.527 e. The topological polar surface area (TPSA) is 26.3 Å². The fourth-order valence-electron chi connectivity index (χ4n) is 0.949. The van der Waals surface area contributed by atoms with E-state index in [1.807, 2.05) is 0 Å². The van der Waals surface area contributed by atoms with Crippen LogP contribution in [0.1, 0.15) is 10.4 Å². The van der Waals surface area contributed by atoms with Crippen molar-refractivity contribution in [3.63, 3.8) is 0 Å². The van der Waals surface area contributed by atoms with Gasteiger partial charge in [-0.1, -0.05) is 30.3 Å². The Hall–Kier alpha value is -1.50. The van der Waals surface area contributed by atoms with Crippen LogP contribution in [0.5, 0.6) is 0 Å². The molecular weight excluding hydrogens is 235 g/mol. The molecule has 2 nitrogen and oxygen atoms in total. The van der Waals surface area contributed by atoms with E-state index in [9.17, 15) is 26.7 Å². The van der Waals surface area contributed by atoms with Crippen LogP contribution in [0.25, 0.3) is 0 Å². The van der Waals surface area contributed by atoms with E-state index >= 15 is 0 Å². The Kier molecular flexibility index (Phi) is 3.27. The number of Topliss-reactive ketones (excluding diaryl/α,β-unsaturated/α-hetero) is 1. The molecule has 0 N–H and O–H groups in total. The summed E-state index contributed by atoms with van der Waals surface area (Å²) in [4.78, 5) is 11.0. The van der Waals surface area contributed by atoms with Gasteiger partial charge in [0.05, 0.1) is 0 Å². The zero-order chi connectivity index (χ0) is 12.4. The van der Waals surface area contributed by atoms with E-state index in [0.29, 0.717) is 0 Å². The van der Waals surface area contributed by atoms with E-state index in [-0.39, 0.29) is 0 Å². The number of alkyl halides is 5.